The van der Waals surface area contributed by atoms with E-state index < -0.39 is 5.41 Å². The molecule has 1 aliphatic heterocycles. The average Bonchev–Trinajstić information content (AvgIpc) is 3.65. The first-order valence-electron chi connectivity index (χ1n) is 16.1. The fourth-order valence-electron chi connectivity index (χ4n) is 8.50. The molecule has 0 saturated carbocycles. The quantitative estimate of drug-likeness (QED) is 0.196. The van der Waals surface area contributed by atoms with Crippen LogP contribution in [0.25, 0.3) is 60.9 Å². The summed E-state index contributed by atoms with van der Waals surface area (Å²) in [6.45, 7) is 0. The van der Waals surface area contributed by atoms with Crippen molar-refractivity contribution in [3.63, 3.8) is 0 Å². The maximum absolute atomic E-state index is 9.71. The molecule has 0 N–H and O–H groups in total. The number of aromatic nitrogens is 1. The predicted octanol–water partition coefficient (Wildman–Crippen LogP) is 10.5. The first kappa shape index (κ1) is 26.5. The van der Waals surface area contributed by atoms with Crippen molar-refractivity contribution >= 4 is 21.8 Å². The summed E-state index contributed by atoms with van der Waals surface area (Å²) in [4.78, 5) is 0. The third-order valence-electron chi connectivity index (χ3n) is 10.4. The molecule has 3 heteroatoms. The summed E-state index contributed by atoms with van der Waals surface area (Å²) < 4.78 is 2.46. The highest BCUT2D eigenvalue weighted by atomic mass is 15.0. The molecular weight excluding hydrogens is 583 g/mol. The van der Waals surface area contributed by atoms with Gasteiger partial charge in [0.1, 0.15) is 0 Å². The van der Waals surface area contributed by atoms with Crippen molar-refractivity contribution in [2.24, 2.45) is 0 Å². The van der Waals surface area contributed by atoms with Gasteiger partial charge in [-0.1, -0.05) is 103 Å². The Bertz CT molecular complexity index is 2660. The van der Waals surface area contributed by atoms with E-state index in [9.17, 15) is 10.5 Å². The van der Waals surface area contributed by atoms with Gasteiger partial charge in [0.15, 0.2) is 0 Å². The van der Waals surface area contributed by atoms with Gasteiger partial charge >= 0.3 is 0 Å². The van der Waals surface area contributed by atoms with Crippen molar-refractivity contribution in [1.82, 2.24) is 4.57 Å². The van der Waals surface area contributed by atoms with Gasteiger partial charge in [0, 0.05) is 10.8 Å². The highest BCUT2D eigenvalue weighted by molar-refractivity contribution is 6.13. The molecule has 0 fully saturated rings. The molecule has 0 saturated heterocycles. The van der Waals surface area contributed by atoms with Gasteiger partial charge in [-0.05, 0) is 104 Å². The highest BCUT2D eigenvalue weighted by Gasteiger charge is 2.51. The van der Waals surface area contributed by atoms with E-state index >= 15 is 0 Å². The van der Waals surface area contributed by atoms with Crippen molar-refractivity contribution < 1.29 is 0 Å². The fourth-order valence-corrected chi connectivity index (χ4v) is 8.50. The van der Waals surface area contributed by atoms with Crippen LogP contribution in [0.3, 0.4) is 0 Å². The number of rotatable bonds is 2. The summed E-state index contributed by atoms with van der Waals surface area (Å²) in [6, 6.07) is 58.4. The normalized spacial score (nSPS) is 13.1. The standard InChI is InChI=1S/C45H25N3/c46-26-28-8-5-10-30(22-28)32-18-20-34-35-21-19-33(31-11-6-9-29(23-31)27-47)25-41(35)45(40(34)24-32)38-14-2-4-17-43(38)48-42-16-3-1-12-36(42)37-13-7-15-39(45)44(37)48/h1-25H. The van der Waals surface area contributed by atoms with Crippen molar-refractivity contribution in [2.75, 3.05) is 0 Å². The third kappa shape index (κ3) is 3.35. The minimum Gasteiger partial charge on any atom is -0.309 e. The van der Waals surface area contributed by atoms with Crippen LogP contribution < -0.4 is 0 Å². The summed E-state index contributed by atoms with van der Waals surface area (Å²) in [6.07, 6.45) is 0. The number of nitriles is 2. The maximum Gasteiger partial charge on any atom is 0.0991 e. The molecular formula is C45H25N3. The molecule has 0 bridgehead atoms. The van der Waals surface area contributed by atoms with Gasteiger partial charge in [-0.15, -0.1) is 0 Å². The lowest BCUT2D eigenvalue weighted by Gasteiger charge is -2.40. The topological polar surface area (TPSA) is 52.5 Å². The zero-order valence-electron chi connectivity index (χ0n) is 25.8. The first-order chi connectivity index (χ1) is 23.7. The molecule has 1 aromatic heterocycles. The van der Waals surface area contributed by atoms with Gasteiger partial charge in [0.05, 0.1) is 45.4 Å². The molecule has 7 aromatic carbocycles. The van der Waals surface area contributed by atoms with Gasteiger partial charge in [0.25, 0.3) is 0 Å². The Kier molecular flexibility index (Phi) is 5.34. The lowest BCUT2D eigenvalue weighted by molar-refractivity contribution is 0.749. The number of nitrogens with zero attached hydrogens (tertiary/aromatic N) is 3. The van der Waals surface area contributed by atoms with E-state index in [1.54, 1.807) is 0 Å². The Hall–Kier alpha value is -6.68. The third-order valence-corrected chi connectivity index (χ3v) is 10.4. The predicted molar refractivity (Wildman–Crippen MR) is 192 cm³/mol. The van der Waals surface area contributed by atoms with Crippen LogP contribution in [0.15, 0.2) is 152 Å². The van der Waals surface area contributed by atoms with E-state index in [-0.39, 0.29) is 0 Å². The molecule has 2 aliphatic rings. The van der Waals surface area contributed by atoms with Crippen LogP contribution in [-0.2, 0) is 5.41 Å². The van der Waals surface area contributed by atoms with Gasteiger partial charge in [0.2, 0.25) is 0 Å². The van der Waals surface area contributed by atoms with Crippen LogP contribution in [0.5, 0.6) is 0 Å². The summed E-state index contributed by atoms with van der Waals surface area (Å²) in [5, 5.41) is 21.9. The summed E-state index contributed by atoms with van der Waals surface area (Å²) in [5.74, 6) is 0. The van der Waals surface area contributed by atoms with E-state index in [1.807, 2.05) is 36.4 Å². The molecule has 0 radical (unpaired) electrons. The molecule has 3 nitrogen and oxygen atoms in total. The van der Waals surface area contributed by atoms with Gasteiger partial charge in [-0.25, -0.2) is 0 Å². The SMILES string of the molecule is N#Cc1cccc(-c2ccc3c(c2)C2(c4cc(-c5cccc(C#N)c5)ccc4-3)c3ccccc3-n3c4ccccc4c4cccc2c43)c1. The molecule has 0 amide bonds. The van der Waals surface area contributed by atoms with Gasteiger partial charge in [-0.3, -0.25) is 0 Å². The van der Waals surface area contributed by atoms with Crippen molar-refractivity contribution in [1.29, 1.82) is 10.5 Å². The summed E-state index contributed by atoms with van der Waals surface area (Å²) >= 11 is 0. The van der Waals surface area contributed by atoms with Crippen molar-refractivity contribution in [3.05, 3.63) is 185 Å². The minimum atomic E-state index is -0.614. The maximum atomic E-state index is 9.71. The smallest absolute Gasteiger partial charge is 0.0991 e. The van der Waals surface area contributed by atoms with Gasteiger partial charge in [-0.2, -0.15) is 10.5 Å². The molecule has 2 heterocycles. The van der Waals surface area contributed by atoms with E-state index in [0.29, 0.717) is 11.1 Å². The van der Waals surface area contributed by atoms with E-state index in [2.05, 4.69) is 132 Å². The molecule has 8 aromatic rings. The van der Waals surface area contributed by atoms with Crippen LogP contribution in [0.4, 0.5) is 0 Å². The Labute approximate surface area is 277 Å². The Morgan fingerprint density at radius 2 is 0.979 bits per heavy atom. The van der Waals surface area contributed by atoms with Crippen LogP contribution in [0, 0.1) is 22.7 Å². The molecule has 0 atom stereocenters. The Balaban J connectivity index is 1.37. The largest absolute Gasteiger partial charge is 0.309 e. The molecule has 220 valence electrons. The molecule has 1 aliphatic carbocycles. The van der Waals surface area contributed by atoms with E-state index in [4.69, 9.17) is 0 Å². The zero-order chi connectivity index (χ0) is 32.0. The second kappa shape index (κ2) is 9.66. The lowest BCUT2D eigenvalue weighted by Crippen LogP contribution is -2.33. The van der Waals surface area contributed by atoms with Crippen molar-refractivity contribution in [2.45, 2.75) is 5.41 Å². The monoisotopic (exact) mass is 607 g/mol. The van der Waals surface area contributed by atoms with Crippen LogP contribution >= 0.6 is 0 Å². The summed E-state index contributed by atoms with van der Waals surface area (Å²) in [7, 11) is 0. The van der Waals surface area contributed by atoms with Crippen LogP contribution in [0.2, 0.25) is 0 Å². The number of para-hydroxylation sites is 3. The minimum absolute atomic E-state index is 0.614. The zero-order valence-corrected chi connectivity index (χ0v) is 25.8. The summed E-state index contributed by atoms with van der Waals surface area (Å²) in [5.41, 5.74) is 15.8. The van der Waals surface area contributed by atoms with Crippen molar-refractivity contribution in [3.8, 4) is 51.2 Å². The van der Waals surface area contributed by atoms with Gasteiger partial charge < -0.3 is 4.57 Å². The Morgan fingerprint density at radius 1 is 0.438 bits per heavy atom. The number of benzene rings is 7. The van der Waals surface area contributed by atoms with E-state index in [1.165, 1.54) is 60.9 Å². The number of hydrogen-bond donors (Lipinski definition) is 0. The van der Waals surface area contributed by atoms with Crippen LogP contribution in [0.1, 0.15) is 33.4 Å². The van der Waals surface area contributed by atoms with Crippen LogP contribution in [-0.4, -0.2) is 4.57 Å². The Morgan fingerprint density at radius 3 is 1.65 bits per heavy atom. The lowest BCUT2D eigenvalue weighted by atomic mass is 9.65. The fraction of sp³-hybridized carbons (Fsp3) is 0.0222. The number of fused-ring (bicyclic) bond motifs is 12. The molecule has 1 spiro atoms. The number of hydrogen-bond acceptors (Lipinski definition) is 2. The first-order valence-corrected chi connectivity index (χ1v) is 16.1. The highest BCUT2D eigenvalue weighted by Crippen LogP contribution is 2.61. The second-order valence-electron chi connectivity index (χ2n) is 12.7. The molecule has 10 rings (SSSR count). The molecule has 0 unspecified atom stereocenters. The van der Waals surface area contributed by atoms with E-state index in [0.717, 1.165) is 22.3 Å². The molecule has 48 heavy (non-hydrogen) atoms. The second-order valence-corrected chi connectivity index (χ2v) is 12.7. The average molecular weight is 608 g/mol.